The summed E-state index contributed by atoms with van der Waals surface area (Å²) >= 11 is 0. The maximum absolute atomic E-state index is 13.3. The highest BCUT2D eigenvalue weighted by atomic mass is 16.7. The van der Waals surface area contributed by atoms with Gasteiger partial charge < -0.3 is 19.5 Å². The summed E-state index contributed by atoms with van der Waals surface area (Å²) in [7, 11) is 0. The molecule has 128 valence electrons. The molecule has 3 heterocycles. The van der Waals surface area contributed by atoms with Crippen LogP contribution in [0.5, 0.6) is 11.5 Å². The molecule has 6 heteroatoms. The first-order chi connectivity index (χ1) is 12.3. The van der Waals surface area contributed by atoms with E-state index in [9.17, 15) is 4.79 Å². The van der Waals surface area contributed by atoms with Crippen LogP contribution >= 0.6 is 0 Å². The summed E-state index contributed by atoms with van der Waals surface area (Å²) in [6, 6.07) is 13.3. The molecule has 0 aromatic heterocycles. The number of ether oxygens (including phenoxy) is 3. The smallest absolute Gasteiger partial charge is 0.262 e. The van der Waals surface area contributed by atoms with Gasteiger partial charge in [0.15, 0.2) is 11.5 Å². The molecule has 0 saturated carbocycles. The maximum atomic E-state index is 13.3. The first kappa shape index (κ1) is 14.6. The minimum absolute atomic E-state index is 0.00915. The normalized spacial score (nSPS) is 24.2. The van der Waals surface area contributed by atoms with Gasteiger partial charge in [-0.25, -0.2) is 0 Å². The van der Waals surface area contributed by atoms with Gasteiger partial charge in [0.2, 0.25) is 6.79 Å². The molecule has 0 radical (unpaired) electrons. The Morgan fingerprint density at radius 1 is 1.08 bits per heavy atom. The Bertz CT molecular complexity index is 832. The van der Waals surface area contributed by atoms with E-state index >= 15 is 0 Å². The van der Waals surface area contributed by atoms with Crippen molar-refractivity contribution in [2.24, 2.45) is 5.92 Å². The molecular formula is C19H18N2O4. The van der Waals surface area contributed by atoms with E-state index in [4.69, 9.17) is 14.2 Å². The third-order valence-electron chi connectivity index (χ3n) is 5.00. The number of hydrogen-bond donors (Lipinski definition) is 1. The van der Waals surface area contributed by atoms with E-state index in [-0.39, 0.29) is 24.8 Å². The predicted molar refractivity (Wildman–Crippen MR) is 92.2 cm³/mol. The van der Waals surface area contributed by atoms with Crippen LogP contribution in [0.4, 0.5) is 11.4 Å². The number of carbonyl (C=O) groups is 1. The zero-order chi connectivity index (χ0) is 16.8. The molecule has 0 spiro atoms. The Hall–Kier alpha value is -2.73. The van der Waals surface area contributed by atoms with Crippen LogP contribution < -0.4 is 19.7 Å². The number of anilines is 2. The van der Waals surface area contributed by atoms with Gasteiger partial charge in [-0.1, -0.05) is 12.1 Å². The lowest BCUT2D eigenvalue weighted by Gasteiger charge is -2.40. The minimum Gasteiger partial charge on any atom is -0.454 e. The molecule has 6 nitrogen and oxygen atoms in total. The number of para-hydroxylation sites is 1. The van der Waals surface area contributed by atoms with Gasteiger partial charge in [-0.05, 0) is 30.7 Å². The van der Waals surface area contributed by atoms with Crippen LogP contribution in [-0.4, -0.2) is 32.1 Å². The van der Waals surface area contributed by atoms with Crippen LogP contribution in [0.15, 0.2) is 42.5 Å². The van der Waals surface area contributed by atoms with Gasteiger partial charge in [0, 0.05) is 24.3 Å². The van der Waals surface area contributed by atoms with E-state index in [1.165, 1.54) is 0 Å². The first-order valence-corrected chi connectivity index (χ1v) is 8.48. The lowest BCUT2D eigenvalue weighted by molar-refractivity contribution is 0.0963. The van der Waals surface area contributed by atoms with Crippen molar-refractivity contribution in [3.05, 3.63) is 48.0 Å². The highest BCUT2D eigenvalue weighted by molar-refractivity contribution is 6.12. The topological polar surface area (TPSA) is 60.0 Å². The van der Waals surface area contributed by atoms with Crippen LogP contribution in [0, 0.1) is 5.92 Å². The molecule has 1 N–H and O–H groups in total. The summed E-state index contributed by atoms with van der Waals surface area (Å²) in [5.74, 6) is 1.61. The van der Waals surface area contributed by atoms with Gasteiger partial charge in [-0.3, -0.25) is 9.69 Å². The summed E-state index contributed by atoms with van der Waals surface area (Å²) in [5.41, 5.74) is 2.35. The van der Waals surface area contributed by atoms with Crippen LogP contribution in [0.2, 0.25) is 0 Å². The molecule has 2 aromatic rings. The van der Waals surface area contributed by atoms with Crippen LogP contribution in [0.25, 0.3) is 0 Å². The number of amides is 1. The van der Waals surface area contributed by atoms with Crippen molar-refractivity contribution in [1.82, 2.24) is 0 Å². The Balaban J connectivity index is 1.59. The number of nitrogens with zero attached hydrogens (tertiary/aromatic N) is 1. The zero-order valence-electron chi connectivity index (χ0n) is 13.6. The number of hydrogen-bond acceptors (Lipinski definition) is 5. The Morgan fingerprint density at radius 2 is 1.96 bits per heavy atom. The second-order valence-electron chi connectivity index (χ2n) is 6.47. The highest BCUT2D eigenvalue weighted by Gasteiger charge is 2.39. The Morgan fingerprint density at radius 3 is 2.84 bits per heavy atom. The average molecular weight is 338 g/mol. The largest absolute Gasteiger partial charge is 0.454 e. The predicted octanol–water partition coefficient (Wildman–Crippen LogP) is 2.85. The van der Waals surface area contributed by atoms with E-state index in [0.29, 0.717) is 23.7 Å². The first-order valence-electron chi connectivity index (χ1n) is 8.48. The van der Waals surface area contributed by atoms with E-state index in [1.807, 2.05) is 47.4 Å². The van der Waals surface area contributed by atoms with Crippen molar-refractivity contribution < 1.29 is 19.0 Å². The summed E-state index contributed by atoms with van der Waals surface area (Å²) in [4.78, 5) is 15.1. The minimum atomic E-state index is -0.148. The van der Waals surface area contributed by atoms with Crippen molar-refractivity contribution in [3.8, 4) is 11.5 Å². The molecule has 2 aromatic carbocycles. The van der Waals surface area contributed by atoms with Crippen molar-refractivity contribution in [2.75, 3.05) is 30.2 Å². The molecule has 1 fully saturated rings. The summed E-state index contributed by atoms with van der Waals surface area (Å²) < 4.78 is 16.4. The molecule has 0 aliphatic carbocycles. The summed E-state index contributed by atoms with van der Waals surface area (Å²) in [6.07, 6.45) is 0.777. The fourth-order valence-electron chi connectivity index (χ4n) is 3.72. The standard InChI is InChI=1S/C19H18N2O4/c22-19-14-3-1-2-4-15(14)20-18(12-7-8-23-10-12)21(19)13-5-6-16-17(9-13)25-11-24-16/h1-6,9,12,18,20H,7-8,10-11H2/t12-,18+/m1/s1. The number of fused-ring (bicyclic) bond motifs is 2. The number of rotatable bonds is 2. The highest BCUT2D eigenvalue weighted by Crippen LogP contribution is 2.39. The van der Waals surface area contributed by atoms with E-state index < -0.39 is 0 Å². The van der Waals surface area contributed by atoms with E-state index in [1.54, 1.807) is 0 Å². The molecule has 3 aliphatic rings. The van der Waals surface area contributed by atoms with Gasteiger partial charge >= 0.3 is 0 Å². The number of carbonyl (C=O) groups excluding carboxylic acids is 1. The molecule has 0 unspecified atom stereocenters. The van der Waals surface area contributed by atoms with Crippen molar-refractivity contribution >= 4 is 17.3 Å². The second kappa shape index (κ2) is 5.67. The fourth-order valence-corrected chi connectivity index (χ4v) is 3.72. The molecule has 3 aliphatic heterocycles. The van der Waals surface area contributed by atoms with Crippen molar-refractivity contribution in [2.45, 2.75) is 12.6 Å². The van der Waals surface area contributed by atoms with E-state index in [2.05, 4.69) is 5.32 Å². The quantitative estimate of drug-likeness (QED) is 0.912. The number of benzene rings is 2. The maximum Gasteiger partial charge on any atom is 0.262 e. The lowest BCUT2D eigenvalue weighted by Crippen LogP contribution is -2.53. The Labute approximate surface area is 145 Å². The van der Waals surface area contributed by atoms with Gasteiger partial charge in [0.1, 0.15) is 6.17 Å². The summed E-state index contributed by atoms with van der Waals surface area (Å²) in [5, 5.41) is 3.54. The molecule has 2 atom stereocenters. The second-order valence-corrected chi connectivity index (χ2v) is 6.47. The summed E-state index contributed by atoms with van der Waals surface area (Å²) in [6.45, 7) is 1.59. The molecule has 5 rings (SSSR count). The fraction of sp³-hybridized carbons (Fsp3) is 0.316. The molecule has 1 saturated heterocycles. The average Bonchev–Trinajstić information content (AvgIpc) is 3.33. The zero-order valence-corrected chi connectivity index (χ0v) is 13.6. The molecule has 0 bridgehead atoms. The van der Waals surface area contributed by atoms with Crippen LogP contribution in [0.3, 0.4) is 0 Å². The van der Waals surface area contributed by atoms with Crippen LogP contribution in [-0.2, 0) is 4.74 Å². The van der Waals surface area contributed by atoms with Crippen molar-refractivity contribution in [1.29, 1.82) is 0 Å². The third-order valence-corrected chi connectivity index (χ3v) is 5.00. The van der Waals surface area contributed by atoms with Gasteiger partial charge in [0.05, 0.1) is 17.9 Å². The monoisotopic (exact) mass is 338 g/mol. The van der Waals surface area contributed by atoms with Gasteiger partial charge in [-0.15, -0.1) is 0 Å². The van der Waals surface area contributed by atoms with Crippen molar-refractivity contribution in [3.63, 3.8) is 0 Å². The Kier molecular flexibility index (Phi) is 3.31. The van der Waals surface area contributed by atoms with E-state index in [0.717, 1.165) is 24.4 Å². The molecular weight excluding hydrogens is 320 g/mol. The third kappa shape index (κ3) is 2.33. The van der Waals surface area contributed by atoms with Gasteiger partial charge in [0.25, 0.3) is 5.91 Å². The molecule has 25 heavy (non-hydrogen) atoms. The lowest BCUT2D eigenvalue weighted by atomic mass is 9.98. The molecule has 1 amide bonds. The van der Waals surface area contributed by atoms with Gasteiger partial charge in [-0.2, -0.15) is 0 Å². The van der Waals surface area contributed by atoms with Crippen LogP contribution in [0.1, 0.15) is 16.8 Å². The number of nitrogens with one attached hydrogen (secondary N) is 1. The SMILES string of the molecule is O=C1c2ccccc2N[C@H]([C@@H]2CCOC2)N1c1ccc2c(c1)OCO2.